The molecule has 1 aliphatic heterocycles. The minimum absolute atomic E-state index is 0.187. The maximum absolute atomic E-state index is 15.1. The molecular weight excluding hydrogens is 432 g/mol. The Kier molecular flexibility index (Phi) is 7.35. The molecule has 3 aromatic carbocycles. The molecule has 0 atom stereocenters. The minimum Gasteiger partial charge on any atom is -0.352 e. The number of halogens is 4. The summed E-state index contributed by atoms with van der Waals surface area (Å²) in [5.74, 6) is 0.203. The van der Waals surface area contributed by atoms with E-state index in [9.17, 15) is 13.2 Å². The molecule has 1 saturated heterocycles. The van der Waals surface area contributed by atoms with Crippen LogP contribution in [0.1, 0.15) is 42.0 Å². The minimum atomic E-state index is -4.35. The van der Waals surface area contributed by atoms with Gasteiger partial charge in [0.15, 0.2) is 6.29 Å². The highest BCUT2D eigenvalue weighted by molar-refractivity contribution is 5.84. The summed E-state index contributed by atoms with van der Waals surface area (Å²) in [6.07, 6.45) is -1.05. The van der Waals surface area contributed by atoms with E-state index in [1.54, 1.807) is 12.1 Å². The van der Waals surface area contributed by atoms with Gasteiger partial charge in [0.25, 0.3) is 0 Å². The summed E-state index contributed by atoms with van der Waals surface area (Å²) in [5.41, 5.74) is 1.73. The van der Waals surface area contributed by atoms with Crippen LogP contribution in [0.15, 0.2) is 54.6 Å². The van der Waals surface area contributed by atoms with E-state index in [4.69, 9.17) is 9.47 Å². The fourth-order valence-electron chi connectivity index (χ4n) is 4.14. The van der Waals surface area contributed by atoms with E-state index < -0.39 is 11.7 Å². The molecule has 0 radical (unpaired) electrons. The SMILES string of the molecule is CCC1COC(CCc2ccc3c(F)c(CCc4ccc(C(F)(F)F)cc4)ccc3c2)OC1. The van der Waals surface area contributed by atoms with Crippen molar-refractivity contribution >= 4 is 10.8 Å². The van der Waals surface area contributed by atoms with Crippen molar-refractivity contribution in [2.75, 3.05) is 13.2 Å². The van der Waals surface area contributed by atoms with Crippen LogP contribution < -0.4 is 0 Å². The molecule has 6 heteroatoms. The molecule has 0 aromatic heterocycles. The van der Waals surface area contributed by atoms with Gasteiger partial charge in [0.05, 0.1) is 18.8 Å². The maximum Gasteiger partial charge on any atom is 0.416 e. The monoisotopic (exact) mass is 460 g/mol. The fourth-order valence-corrected chi connectivity index (χ4v) is 4.14. The zero-order valence-corrected chi connectivity index (χ0v) is 18.6. The average Bonchev–Trinajstić information content (AvgIpc) is 2.82. The lowest BCUT2D eigenvalue weighted by Gasteiger charge is -2.28. The van der Waals surface area contributed by atoms with E-state index in [-0.39, 0.29) is 12.1 Å². The molecule has 4 rings (SSSR count). The van der Waals surface area contributed by atoms with Crippen LogP contribution in [0.4, 0.5) is 17.6 Å². The molecular formula is C27H28F4O2. The van der Waals surface area contributed by atoms with Gasteiger partial charge in [-0.2, -0.15) is 13.2 Å². The normalized spacial score (nSPS) is 19.2. The number of rotatable bonds is 7. The summed E-state index contributed by atoms with van der Waals surface area (Å²) in [6, 6.07) is 14.5. The first-order chi connectivity index (χ1) is 15.8. The molecule has 0 aliphatic carbocycles. The predicted octanol–water partition coefficient (Wildman–Crippen LogP) is 7.11. The van der Waals surface area contributed by atoms with E-state index in [0.717, 1.165) is 61.1 Å². The number of alkyl halides is 3. The summed E-state index contributed by atoms with van der Waals surface area (Å²) in [7, 11) is 0. The van der Waals surface area contributed by atoms with Gasteiger partial charge >= 0.3 is 6.18 Å². The van der Waals surface area contributed by atoms with Gasteiger partial charge < -0.3 is 9.47 Å². The third-order valence-corrected chi connectivity index (χ3v) is 6.34. The van der Waals surface area contributed by atoms with Crippen molar-refractivity contribution in [1.29, 1.82) is 0 Å². The molecule has 0 N–H and O–H groups in total. The Hall–Kier alpha value is -2.44. The standard InChI is InChI=1S/C27H28F4O2/c1-2-18-16-32-25(33-17-18)14-7-20-6-13-24-22(15-20)10-9-21(26(24)28)8-3-19-4-11-23(12-5-19)27(29,30)31/h4-6,9-13,15,18,25H,2-3,7-8,14,16-17H2,1H3. The van der Waals surface area contributed by atoms with Gasteiger partial charge in [-0.05, 0) is 59.9 Å². The molecule has 0 unspecified atom stereocenters. The Labute approximate surface area is 191 Å². The second-order valence-corrected chi connectivity index (χ2v) is 8.70. The lowest BCUT2D eigenvalue weighted by Crippen LogP contribution is -2.32. The molecule has 1 heterocycles. The molecule has 1 fully saturated rings. The first-order valence-electron chi connectivity index (χ1n) is 11.4. The fraction of sp³-hybridized carbons (Fsp3) is 0.407. The van der Waals surface area contributed by atoms with Crippen molar-refractivity contribution in [2.24, 2.45) is 5.92 Å². The summed E-state index contributed by atoms with van der Waals surface area (Å²) < 4.78 is 64.8. The third kappa shape index (κ3) is 5.92. The second kappa shape index (κ2) is 10.2. The van der Waals surface area contributed by atoms with E-state index >= 15 is 4.39 Å². The Balaban J connectivity index is 1.37. The molecule has 0 amide bonds. The Morgan fingerprint density at radius 1 is 0.848 bits per heavy atom. The van der Waals surface area contributed by atoms with Crippen LogP contribution in [-0.4, -0.2) is 19.5 Å². The first kappa shape index (κ1) is 23.7. The summed E-state index contributed by atoms with van der Waals surface area (Å²) in [5, 5.41) is 1.39. The second-order valence-electron chi connectivity index (χ2n) is 8.70. The molecule has 0 spiro atoms. The Morgan fingerprint density at radius 3 is 2.21 bits per heavy atom. The maximum atomic E-state index is 15.1. The van der Waals surface area contributed by atoms with Crippen LogP contribution in [0.5, 0.6) is 0 Å². The highest BCUT2D eigenvalue weighted by Gasteiger charge is 2.29. The van der Waals surface area contributed by atoms with Gasteiger partial charge in [0.1, 0.15) is 5.82 Å². The summed E-state index contributed by atoms with van der Waals surface area (Å²) in [6.45, 7) is 3.60. The van der Waals surface area contributed by atoms with Crippen LogP contribution in [-0.2, 0) is 34.9 Å². The average molecular weight is 461 g/mol. The van der Waals surface area contributed by atoms with Gasteiger partial charge in [-0.3, -0.25) is 0 Å². The van der Waals surface area contributed by atoms with E-state index in [0.29, 0.717) is 29.7 Å². The van der Waals surface area contributed by atoms with Crippen molar-refractivity contribution in [3.05, 3.63) is 82.7 Å². The molecule has 1 aliphatic rings. The topological polar surface area (TPSA) is 18.5 Å². The number of hydrogen-bond donors (Lipinski definition) is 0. The van der Waals surface area contributed by atoms with Gasteiger partial charge in [-0.25, -0.2) is 4.39 Å². The Bertz CT molecular complexity index is 1070. The molecule has 0 bridgehead atoms. The number of fused-ring (bicyclic) bond motifs is 1. The van der Waals surface area contributed by atoms with Gasteiger partial charge in [-0.1, -0.05) is 49.4 Å². The highest BCUT2D eigenvalue weighted by Crippen LogP contribution is 2.30. The van der Waals surface area contributed by atoms with Gasteiger partial charge in [-0.15, -0.1) is 0 Å². The largest absolute Gasteiger partial charge is 0.416 e. The van der Waals surface area contributed by atoms with Crippen LogP contribution >= 0.6 is 0 Å². The van der Waals surface area contributed by atoms with Crippen molar-refractivity contribution in [3.8, 4) is 0 Å². The van der Waals surface area contributed by atoms with Crippen molar-refractivity contribution in [3.63, 3.8) is 0 Å². The number of benzene rings is 3. The lowest BCUT2D eigenvalue weighted by atomic mass is 9.97. The summed E-state index contributed by atoms with van der Waals surface area (Å²) in [4.78, 5) is 0. The smallest absolute Gasteiger partial charge is 0.352 e. The number of aryl methyl sites for hydroxylation is 3. The van der Waals surface area contributed by atoms with Crippen molar-refractivity contribution in [2.45, 2.75) is 51.5 Å². The highest BCUT2D eigenvalue weighted by atomic mass is 19.4. The number of ether oxygens (including phenoxy) is 2. The molecule has 0 saturated carbocycles. The molecule has 176 valence electrons. The van der Waals surface area contributed by atoms with E-state index in [1.807, 2.05) is 18.2 Å². The summed E-state index contributed by atoms with van der Waals surface area (Å²) >= 11 is 0. The van der Waals surface area contributed by atoms with Crippen LogP contribution in [0.2, 0.25) is 0 Å². The predicted molar refractivity (Wildman–Crippen MR) is 121 cm³/mol. The molecule has 2 nitrogen and oxygen atoms in total. The van der Waals surface area contributed by atoms with Crippen LogP contribution in [0.25, 0.3) is 10.8 Å². The van der Waals surface area contributed by atoms with Crippen molar-refractivity contribution < 1.29 is 27.0 Å². The van der Waals surface area contributed by atoms with Gasteiger partial charge in [0.2, 0.25) is 0 Å². The lowest BCUT2D eigenvalue weighted by molar-refractivity contribution is -0.202. The molecule has 3 aromatic rings. The van der Waals surface area contributed by atoms with E-state index in [1.165, 1.54) is 12.1 Å². The first-order valence-corrected chi connectivity index (χ1v) is 11.4. The third-order valence-electron chi connectivity index (χ3n) is 6.34. The zero-order chi connectivity index (χ0) is 23.4. The van der Waals surface area contributed by atoms with Crippen LogP contribution in [0, 0.1) is 11.7 Å². The molecule has 33 heavy (non-hydrogen) atoms. The quantitative estimate of drug-likeness (QED) is 0.350. The van der Waals surface area contributed by atoms with Crippen molar-refractivity contribution in [1.82, 2.24) is 0 Å². The van der Waals surface area contributed by atoms with E-state index in [2.05, 4.69) is 6.92 Å². The number of hydrogen-bond acceptors (Lipinski definition) is 2. The zero-order valence-electron chi connectivity index (χ0n) is 18.6. The van der Waals surface area contributed by atoms with Gasteiger partial charge in [0, 0.05) is 17.7 Å². The van der Waals surface area contributed by atoms with Crippen LogP contribution in [0.3, 0.4) is 0 Å². The Morgan fingerprint density at radius 2 is 1.55 bits per heavy atom.